The Morgan fingerprint density at radius 2 is 1.88 bits per heavy atom. The average molecular weight is 360 g/mol. The van der Waals surface area contributed by atoms with Crippen LogP contribution in [0, 0.1) is 0 Å². The molecule has 0 bridgehead atoms. The first kappa shape index (κ1) is 18.9. The molecule has 0 aromatic heterocycles. The molecule has 2 aliphatic rings. The fourth-order valence-corrected chi connectivity index (χ4v) is 4.12. The molecule has 3 rings (SSSR count). The van der Waals surface area contributed by atoms with E-state index in [0.29, 0.717) is 26.3 Å². The summed E-state index contributed by atoms with van der Waals surface area (Å²) >= 11 is 0. The van der Waals surface area contributed by atoms with Crippen molar-refractivity contribution in [2.45, 2.75) is 30.7 Å². The minimum atomic E-state index is -0.134. The Labute approximate surface area is 155 Å². The van der Waals surface area contributed by atoms with Gasteiger partial charge in [0, 0.05) is 32.8 Å². The number of amides is 2. The third-order valence-corrected chi connectivity index (χ3v) is 5.83. The van der Waals surface area contributed by atoms with Crippen LogP contribution in [-0.4, -0.2) is 74.2 Å². The summed E-state index contributed by atoms with van der Waals surface area (Å²) in [5, 5.41) is 0. The summed E-state index contributed by atoms with van der Waals surface area (Å²) in [5.41, 5.74) is 0.955. The van der Waals surface area contributed by atoms with Crippen molar-refractivity contribution >= 4 is 11.8 Å². The molecule has 2 saturated heterocycles. The lowest BCUT2D eigenvalue weighted by atomic mass is 9.81. The van der Waals surface area contributed by atoms with Crippen molar-refractivity contribution in [2.75, 3.05) is 47.1 Å². The summed E-state index contributed by atoms with van der Waals surface area (Å²) in [5.74, 6) is 0.141. The van der Waals surface area contributed by atoms with E-state index >= 15 is 0 Å². The largest absolute Gasteiger partial charge is 0.382 e. The molecule has 142 valence electrons. The van der Waals surface area contributed by atoms with Crippen LogP contribution in [0.3, 0.4) is 0 Å². The number of methoxy groups -OCH3 is 1. The highest BCUT2D eigenvalue weighted by atomic mass is 16.5. The van der Waals surface area contributed by atoms with Gasteiger partial charge in [0.2, 0.25) is 11.8 Å². The number of benzene rings is 1. The van der Waals surface area contributed by atoms with Crippen LogP contribution in [0.2, 0.25) is 0 Å². The van der Waals surface area contributed by atoms with Crippen LogP contribution in [0.5, 0.6) is 0 Å². The van der Waals surface area contributed by atoms with Crippen LogP contribution in [-0.2, 0) is 19.1 Å². The van der Waals surface area contributed by atoms with Gasteiger partial charge in [-0.3, -0.25) is 9.59 Å². The van der Waals surface area contributed by atoms with Crippen LogP contribution < -0.4 is 0 Å². The maximum atomic E-state index is 12.8. The van der Waals surface area contributed by atoms with Crippen LogP contribution in [0.25, 0.3) is 0 Å². The third-order valence-electron chi connectivity index (χ3n) is 5.83. The average Bonchev–Trinajstić information content (AvgIpc) is 2.92. The summed E-state index contributed by atoms with van der Waals surface area (Å²) in [6, 6.07) is 10.0. The van der Waals surface area contributed by atoms with E-state index in [4.69, 9.17) is 9.47 Å². The molecule has 0 saturated carbocycles. The van der Waals surface area contributed by atoms with Gasteiger partial charge in [-0.2, -0.15) is 0 Å². The molecule has 0 aliphatic carbocycles. The normalized spacial score (nSPS) is 22.2. The van der Waals surface area contributed by atoms with Crippen LogP contribution in [0.1, 0.15) is 30.7 Å². The summed E-state index contributed by atoms with van der Waals surface area (Å²) < 4.78 is 10.3. The van der Waals surface area contributed by atoms with Gasteiger partial charge in [-0.15, -0.1) is 0 Å². The molecule has 0 N–H and O–H groups in total. The highest BCUT2D eigenvalue weighted by Crippen LogP contribution is 2.44. The molecule has 6 heteroatoms. The number of likely N-dealkylation sites (tertiary alicyclic amines) is 2. The number of piperidine rings is 1. The minimum absolute atomic E-state index is 0.0162. The van der Waals surface area contributed by atoms with Gasteiger partial charge in [-0.1, -0.05) is 30.3 Å². The van der Waals surface area contributed by atoms with Crippen molar-refractivity contribution < 1.29 is 19.1 Å². The third kappa shape index (κ3) is 3.76. The van der Waals surface area contributed by atoms with Gasteiger partial charge in [-0.25, -0.2) is 0 Å². The second-order valence-electron chi connectivity index (χ2n) is 7.22. The lowest BCUT2D eigenvalue weighted by Crippen LogP contribution is -2.53. The molecule has 1 aromatic carbocycles. The zero-order valence-electron chi connectivity index (χ0n) is 15.6. The number of rotatable bonds is 6. The van der Waals surface area contributed by atoms with Crippen molar-refractivity contribution in [3.8, 4) is 0 Å². The van der Waals surface area contributed by atoms with Gasteiger partial charge in [-0.05, 0) is 24.8 Å². The molecule has 1 spiro atoms. The Morgan fingerprint density at radius 1 is 1.19 bits per heavy atom. The predicted molar refractivity (Wildman–Crippen MR) is 97.8 cm³/mol. The van der Waals surface area contributed by atoms with Crippen molar-refractivity contribution in [1.82, 2.24) is 9.80 Å². The van der Waals surface area contributed by atoms with Crippen molar-refractivity contribution in [3.63, 3.8) is 0 Å². The fourth-order valence-electron chi connectivity index (χ4n) is 4.12. The van der Waals surface area contributed by atoms with Crippen molar-refractivity contribution in [1.29, 1.82) is 0 Å². The fraction of sp³-hybridized carbons (Fsp3) is 0.600. The number of ether oxygens (including phenoxy) is 2. The SMILES string of the molecule is COCCOCC(=O)N1CCC2(CC1)C[C@@H](c1ccccc1)C(=O)N2C. The van der Waals surface area contributed by atoms with E-state index in [0.717, 1.165) is 24.8 Å². The number of hydrogen-bond acceptors (Lipinski definition) is 4. The predicted octanol–water partition coefficient (Wildman–Crippen LogP) is 1.66. The van der Waals surface area contributed by atoms with E-state index in [1.54, 1.807) is 7.11 Å². The quantitative estimate of drug-likeness (QED) is 0.724. The topological polar surface area (TPSA) is 59.1 Å². The number of nitrogens with zero attached hydrogens (tertiary/aromatic N) is 2. The van der Waals surface area contributed by atoms with Crippen molar-refractivity contribution in [3.05, 3.63) is 35.9 Å². The standard InChI is InChI=1S/C20H28N2O4/c1-21-19(24)17(16-6-4-3-5-7-16)14-20(21)8-10-22(11-9-20)18(23)15-26-13-12-25-2/h3-7,17H,8-15H2,1-2H3/t17-/m0/s1. The maximum Gasteiger partial charge on any atom is 0.248 e. The van der Waals surface area contributed by atoms with Gasteiger partial charge < -0.3 is 19.3 Å². The Kier molecular flexibility index (Phi) is 5.94. The monoisotopic (exact) mass is 360 g/mol. The number of hydrogen-bond donors (Lipinski definition) is 0. The molecule has 2 heterocycles. The van der Waals surface area contributed by atoms with Crippen LogP contribution in [0.4, 0.5) is 0 Å². The Hall–Kier alpha value is -1.92. The highest BCUT2D eigenvalue weighted by Gasteiger charge is 2.50. The summed E-state index contributed by atoms with van der Waals surface area (Å²) in [6.45, 7) is 2.36. The molecule has 2 amide bonds. The Morgan fingerprint density at radius 3 is 2.54 bits per heavy atom. The second-order valence-corrected chi connectivity index (χ2v) is 7.22. The summed E-state index contributed by atoms with van der Waals surface area (Å²) in [4.78, 5) is 28.9. The van der Waals surface area contributed by atoms with E-state index in [1.807, 2.05) is 47.2 Å². The van der Waals surface area contributed by atoms with E-state index in [2.05, 4.69) is 0 Å². The van der Waals surface area contributed by atoms with Gasteiger partial charge >= 0.3 is 0 Å². The molecule has 0 radical (unpaired) electrons. The zero-order chi connectivity index (χ0) is 18.6. The van der Waals surface area contributed by atoms with E-state index in [-0.39, 0.29) is 29.9 Å². The molecule has 6 nitrogen and oxygen atoms in total. The first-order valence-corrected chi connectivity index (χ1v) is 9.24. The molecular weight excluding hydrogens is 332 g/mol. The van der Waals surface area contributed by atoms with Gasteiger partial charge in [0.15, 0.2) is 0 Å². The highest BCUT2D eigenvalue weighted by molar-refractivity contribution is 5.87. The minimum Gasteiger partial charge on any atom is -0.382 e. The molecule has 26 heavy (non-hydrogen) atoms. The number of carbonyl (C=O) groups is 2. The van der Waals surface area contributed by atoms with E-state index < -0.39 is 0 Å². The van der Waals surface area contributed by atoms with Gasteiger partial charge in [0.05, 0.1) is 19.1 Å². The number of likely N-dealkylation sites (N-methyl/N-ethyl adjacent to an activating group) is 1. The molecule has 1 atom stereocenters. The van der Waals surface area contributed by atoms with Gasteiger partial charge in [0.1, 0.15) is 6.61 Å². The van der Waals surface area contributed by atoms with Crippen LogP contribution >= 0.6 is 0 Å². The lowest BCUT2D eigenvalue weighted by Gasteiger charge is -2.43. The molecular formula is C20H28N2O4. The summed E-state index contributed by atoms with van der Waals surface area (Å²) in [7, 11) is 3.52. The Bertz CT molecular complexity index is 626. The van der Waals surface area contributed by atoms with Crippen molar-refractivity contribution in [2.24, 2.45) is 0 Å². The van der Waals surface area contributed by atoms with Crippen LogP contribution in [0.15, 0.2) is 30.3 Å². The second kappa shape index (κ2) is 8.18. The number of carbonyl (C=O) groups excluding carboxylic acids is 2. The van der Waals surface area contributed by atoms with E-state index in [1.165, 1.54) is 0 Å². The van der Waals surface area contributed by atoms with Gasteiger partial charge in [0.25, 0.3) is 0 Å². The lowest BCUT2D eigenvalue weighted by molar-refractivity contribution is -0.140. The van der Waals surface area contributed by atoms with E-state index in [9.17, 15) is 9.59 Å². The Balaban J connectivity index is 1.58. The zero-order valence-corrected chi connectivity index (χ0v) is 15.6. The molecule has 0 unspecified atom stereocenters. The maximum absolute atomic E-state index is 12.8. The molecule has 2 fully saturated rings. The molecule has 2 aliphatic heterocycles. The molecule has 1 aromatic rings. The first-order valence-electron chi connectivity index (χ1n) is 9.24. The smallest absolute Gasteiger partial charge is 0.248 e. The summed E-state index contributed by atoms with van der Waals surface area (Å²) in [6.07, 6.45) is 2.48. The first-order chi connectivity index (χ1) is 12.6.